The van der Waals surface area contributed by atoms with Crippen LogP contribution in [0.1, 0.15) is 51.0 Å². The van der Waals surface area contributed by atoms with Crippen LogP contribution < -0.4 is 10.6 Å². The maximum atomic E-state index is 12.9. The van der Waals surface area contributed by atoms with Crippen molar-refractivity contribution in [3.8, 4) is 0 Å². The molecular weight excluding hydrogens is 378 g/mol. The van der Waals surface area contributed by atoms with Crippen molar-refractivity contribution >= 4 is 27.5 Å². The van der Waals surface area contributed by atoms with Crippen LogP contribution in [0, 0.1) is 5.92 Å². The Morgan fingerprint density at radius 2 is 1.93 bits per heavy atom. The van der Waals surface area contributed by atoms with Crippen LogP contribution in [-0.2, 0) is 26.0 Å². The summed E-state index contributed by atoms with van der Waals surface area (Å²) in [5.74, 6) is 0.363. The van der Waals surface area contributed by atoms with E-state index in [0.717, 1.165) is 35.6 Å². The van der Waals surface area contributed by atoms with E-state index in [4.69, 9.17) is 0 Å². The lowest BCUT2D eigenvalue weighted by molar-refractivity contribution is -0.122. The van der Waals surface area contributed by atoms with Crippen molar-refractivity contribution in [3.05, 3.63) is 23.8 Å². The minimum absolute atomic E-state index is 0.0553. The number of anilines is 1. The second-order valence-electron chi connectivity index (χ2n) is 8.01. The largest absolute Gasteiger partial charge is 0.352 e. The van der Waals surface area contributed by atoms with Gasteiger partial charge in [0.15, 0.2) is 0 Å². The Hall–Kier alpha value is -1.93. The van der Waals surface area contributed by atoms with Gasteiger partial charge in [-0.1, -0.05) is 6.92 Å². The molecule has 1 aromatic rings. The van der Waals surface area contributed by atoms with Gasteiger partial charge in [-0.15, -0.1) is 0 Å². The molecule has 1 aliphatic heterocycles. The summed E-state index contributed by atoms with van der Waals surface area (Å²) in [5, 5.41) is 5.76. The Morgan fingerprint density at radius 1 is 1.21 bits per heavy atom. The SMILES string of the molecule is CC1CCC(NC(=O)CN(C)S(=O)(=O)c2ccc3c(c2)CCCC(=O)N3)CC1. The Bertz CT molecular complexity index is 845. The van der Waals surface area contributed by atoms with E-state index in [1.165, 1.54) is 13.1 Å². The van der Waals surface area contributed by atoms with Crippen molar-refractivity contribution in [1.29, 1.82) is 0 Å². The molecule has 7 nitrogen and oxygen atoms in total. The van der Waals surface area contributed by atoms with Gasteiger partial charge >= 0.3 is 0 Å². The minimum Gasteiger partial charge on any atom is -0.352 e. The smallest absolute Gasteiger partial charge is 0.243 e. The quantitative estimate of drug-likeness (QED) is 0.783. The number of likely N-dealkylation sites (N-methyl/N-ethyl adjacent to an activating group) is 1. The topological polar surface area (TPSA) is 95.6 Å². The van der Waals surface area contributed by atoms with E-state index in [1.807, 2.05) is 0 Å². The third-order valence-electron chi connectivity index (χ3n) is 5.66. The highest BCUT2D eigenvalue weighted by molar-refractivity contribution is 7.89. The average molecular weight is 408 g/mol. The Kier molecular flexibility index (Phi) is 6.40. The predicted octanol–water partition coefficient (Wildman–Crippen LogP) is 2.28. The molecule has 0 aromatic heterocycles. The molecular formula is C20H29N3O4S. The predicted molar refractivity (Wildman–Crippen MR) is 107 cm³/mol. The molecule has 1 fully saturated rings. The highest BCUT2D eigenvalue weighted by Gasteiger charge is 2.26. The Balaban J connectivity index is 1.65. The molecule has 0 unspecified atom stereocenters. The average Bonchev–Trinajstić information content (AvgIpc) is 2.83. The van der Waals surface area contributed by atoms with Gasteiger partial charge in [-0.3, -0.25) is 9.59 Å². The maximum absolute atomic E-state index is 12.9. The van der Waals surface area contributed by atoms with Gasteiger partial charge in [-0.05, 0) is 68.2 Å². The van der Waals surface area contributed by atoms with Crippen molar-refractivity contribution in [2.45, 2.75) is 62.8 Å². The van der Waals surface area contributed by atoms with Crippen LogP contribution in [0.25, 0.3) is 0 Å². The summed E-state index contributed by atoms with van der Waals surface area (Å²) in [6, 6.07) is 4.85. The van der Waals surface area contributed by atoms with Gasteiger partial charge in [-0.2, -0.15) is 4.31 Å². The second-order valence-corrected chi connectivity index (χ2v) is 10.1. The lowest BCUT2D eigenvalue weighted by atomic mass is 9.87. The first-order valence-electron chi connectivity index (χ1n) is 9.94. The van der Waals surface area contributed by atoms with Gasteiger partial charge in [-0.25, -0.2) is 8.42 Å². The second kappa shape index (κ2) is 8.61. The number of hydrogen-bond donors (Lipinski definition) is 2. The van der Waals surface area contributed by atoms with Gasteiger partial charge < -0.3 is 10.6 Å². The third-order valence-corrected chi connectivity index (χ3v) is 7.46. The zero-order valence-electron chi connectivity index (χ0n) is 16.5. The number of sulfonamides is 1. The Labute approximate surface area is 166 Å². The van der Waals surface area contributed by atoms with Crippen LogP contribution >= 0.6 is 0 Å². The fraction of sp³-hybridized carbons (Fsp3) is 0.600. The molecule has 1 aliphatic carbocycles. The van der Waals surface area contributed by atoms with E-state index in [1.54, 1.807) is 12.1 Å². The first-order chi connectivity index (χ1) is 13.3. The lowest BCUT2D eigenvalue weighted by Crippen LogP contribution is -2.43. The molecule has 0 bridgehead atoms. The molecule has 3 rings (SSSR count). The molecule has 2 N–H and O–H groups in total. The van der Waals surface area contributed by atoms with Crippen LogP contribution in [0.15, 0.2) is 23.1 Å². The summed E-state index contributed by atoms with van der Waals surface area (Å²) in [4.78, 5) is 24.1. The number of aryl methyl sites for hydroxylation is 1. The normalized spacial score (nSPS) is 22.9. The van der Waals surface area contributed by atoms with E-state index in [-0.39, 0.29) is 29.3 Å². The standard InChI is InChI=1S/C20H29N3O4S/c1-14-6-8-16(9-7-14)21-20(25)13-23(2)28(26,27)17-10-11-18-15(12-17)4-3-5-19(24)22-18/h10-12,14,16H,3-9,13H2,1-2H3,(H,21,25)(H,22,24). The fourth-order valence-corrected chi connectivity index (χ4v) is 5.03. The summed E-state index contributed by atoms with van der Waals surface area (Å²) in [6.45, 7) is 2.01. The number of hydrogen-bond acceptors (Lipinski definition) is 4. The van der Waals surface area contributed by atoms with Crippen molar-refractivity contribution in [2.24, 2.45) is 5.92 Å². The molecule has 1 saturated carbocycles. The molecule has 2 aliphatic rings. The summed E-state index contributed by atoms with van der Waals surface area (Å²) in [6.07, 6.45) is 5.81. The first-order valence-corrected chi connectivity index (χ1v) is 11.4. The van der Waals surface area contributed by atoms with E-state index in [0.29, 0.717) is 30.9 Å². The van der Waals surface area contributed by atoms with Gasteiger partial charge in [0.1, 0.15) is 0 Å². The zero-order chi connectivity index (χ0) is 20.3. The van der Waals surface area contributed by atoms with Gasteiger partial charge in [0.2, 0.25) is 21.8 Å². The fourth-order valence-electron chi connectivity index (χ4n) is 3.86. The number of amides is 2. The van der Waals surface area contributed by atoms with Crippen LogP contribution in [0.2, 0.25) is 0 Å². The number of carbonyl (C=O) groups is 2. The van der Waals surface area contributed by atoms with Crippen LogP contribution in [0.3, 0.4) is 0 Å². The van der Waals surface area contributed by atoms with Gasteiger partial charge in [0.25, 0.3) is 0 Å². The maximum Gasteiger partial charge on any atom is 0.243 e. The number of fused-ring (bicyclic) bond motifs is 1. The third kappa shape index (κ3) is 4.91. The zero-order valence-corrected chi connectivity index (χ0v) is 17.3. The van der Waals surface area contributed by atoms with Crippen LogP contribution in [-0.4, -0.2) is 44.2 Å². The number of nitrogens with one attached hydrogen (secondary N) is 2. The van der Waals surface area contributed by atoms with E-state index in [9.17, 15) is 18.0 Å². The lowest BCUT2D eigenvalue weighted by Gasteiger charge is -2.27. The van der Waals surface area contributed by atoms with Crippen molar-refractivity contribution in [2.75, 3.05) is 18.9 Å². The molecule has 2 amide bonds. The number of rotatable bonds is 5. The summed E-state index contributed by atoms with van der Waals surface area (Å²) in [5.41, 5.74) is 1.47. The molecule has 154 valence electrons. The number of benzene rings is 1. The highest BCUT2D eigenvalue weighted by Crippen LogP contribution is 2.26. The summed E-state index contributed by atoms with van der Waals surface area (Å²) in [7, 11) is -2.36. The van der Waals surface area contributed by atoms with Crippen molar-refractivity contribution in [3.63, 3.8) is 0 Å². The highest BCUT2D eigenvalue weighted by atomic mass is 32.2. The van der Waals surface area contributed by atoms with Crippen LogP contribution in [0.4, 0.5) is 5.69 Å². The molecule has 0 spiro atoms. The molecule has 28 heavy (non-hydrogen) atoms. The van der Waals surface area contributed by atoms with Gasteiger partial charge in [0.05, 0.1) is 11.4 Å². The molecule has 1 heterocycles. The molecule has 0 radical (unpaired) electrons. The summed E-state index contributed by atoms with van der Waals surface area (Å²) < 4.78 is 26.9. The van der Waals surface area contributed by atoms with E-state index >= 15 is 0 Å². The summed E-state index contributed by atoms with van der Waals surface area (Å²) >= 11 is 0. The van der Waals surface area contributed by atoms with E-state index < -0.39 is 10.0 Å². The Morgan fingerprint density at radius 3 is 2.64 bits per heavy atom. The molecule has 0 saturated heterocycles. The number of nitrogens with zero attached hydrogens (tertiary/aromatic N) is 1. The number of carbonyl (C=O) groups excluding carboxylic acids is 2. The minimum atomic E-state index is -3.78. The van der Waals surface area contributed by atoms with E-state index in [2.05, 4.69) is 17.6 Å². The molecule has 0 atom stereocenters. The monoisotopic (exact) mass is 407 g/mol. The van der Waals surface area contributed by atoms with Crippen molar-refractivity contribution in [1.82, 2.24) is 9.62 Å². The van der Waals surface area contributed by atoms with Crippen molar-refractivity contribution < 1.29 is 18.0 Å². The molecule has 8 heteroatoms. The van der Waals surface area contributed by atoms with Crippen LogP contribution in [0.5, 0.6) is 0 Å². The van der Waals surface area contributed by atoms with Gasteiger partial charge in [0, 0.05) is 25.2 Å². The molecule has 1 aromatic carbocycles. The first kappa shape index (κ1) is 20.8.